The smallest absolute Gasteiger partial charge is 0.240 e. The third-order valence-electron chi connectivity index (χ3n) is 3.63. The largest absolute Gasteiger partial charge is 0.494 e. The minimum atomic E-state index is -0.234. The highest BCUT2D eigenvalue weighted by atomic mass is 79.9. The predicted octanol–water partition coefficient (Wildman–Crippen LogP) is 2.44. The molecule has 0 spiro atoms. The molecule has 2 aromatic rings. The van der Waals surface area contributed by atoms with Crippen molar-refractivity contribution in [2.75, 3.05) is 12.1 Å². The molecule has 0 saturated carbocycles. The van der Waals surface area contributed by atoms with Crippen LogP contribution in [0.5, 0.6) is 5.75 Å². The first-order chi connectivity index (χ1) is 11.8. The summed E-state index contributed by atoms with van der Waals surface area (Å²) in [6, 6.07) is 7.15. The van der Waals surface area contributed by atoms with E-state index in [1.54, 1.807) is 23.9 Å². The van der Waals surface area contributed by atoms with Crippen molar-refractivity contribution in [2.24, 2.45) is 5.73 Å². The van der Waals surface area contributed by atoms with E-state index in [9.17, 15) is 4.79 Å². The molecule has 0 unspecified atom stereocenters. The summed E-state index contributed by atoms with van der Waals surface area (Å²) in [5.41, 5.74) is 10.9. The molecule has 0 aliphatic rings. The van der Waals surface area contributed by atoms with Gasteiger partial charge in [-0.1, -0.05) is 12.1 Å². The van der Waals surface area contributed by atoms with Crippen LogP contribution in [0.3, 0.4) is 0 Å². The normalized spacial score (nSPS) is 10.4. The highest BCUT2D eigenvalue weighted by Crippen LogP contribution is 2.26. The zero-order valence-electron chi connectivity index (χ0n) is 14.2. The monoisotopic (exact) mass is 425 g/mol. The Hall–Kier alpha value is -2.13. The zero-order valence-corrected chi connectivity index (χ0v) is 16.6. The molecule has 0 aliphatic carbocycles. The molecule has 2 rings (SSSR count). The van der Waals surface area contributed by atoms with E-state index in [2.05, 4.69) is 26.5 Å². The summed E-state index contributed by atoms with van der Waals surface area (Å²) < 4.78 is 8.03. The van der Waals surface area contributed by atoms with Crippen LogP contribution in [-0.4, -0.2) is 27.9 Å². The number of carbonyl (C=O) groups is 1. The van der Waals surface area contributed by atoms with Gasteiger partial charge in [-0.15, -0.1) is 0 Å². The molecule has 1 aromatic heterocycles. The Morgan fingerprint density at radius 3 is 2.68 bits per heavy atom. The van der Waals surface area contributed by atoms with Crippen LogP contribution in [-0.2, 0) is 11.3 Å². The molecule has 0 bridgehead atoms. The number of para-hydroxylation sites is 2. The molecule has 3 N–H and O–H groups in total. The topological polar surface area (TPSA) is 85.4 Å². The average Bonchev–Trinajstić information content (AvgIpc) is 2.84. The maximum atomic E-state index is 12.3. The Bertz CT molecular complexity index is 793. The third-order valence-corrected chi connectivity index (χ3v) is 4.96. The van der Waals surface area contributed by atoms with Gasteiger partial charge in [-0.2, -0.15) is 5.10 Å². The lowest BCUT2D eigenvalue weighted by Crippen LogP contribution is -2.49. The van der Waals surface area contributed by atoms with Crippen LogP contribution in [0.2, 0.25) is 0 Å². The van der Waals surface area contributed by atoms with E-state index in [1.807, 2.05) is 26.0 Å². The number of anilines is 1. The highest BCUT2D eigenvalue weighted by molar-refractivity contribution is 9.10. The summed E-state index contributed by atoms with van der Waals surface area (Å²) in [6.07, 6.45) is 0.225. The second kappa shape index (κ2) is 8.30. The van der Waals surface area contributed by atoms with E-state index in [4.69, 9.17) is 22.7 Å². The van der Waals surface area contributed by atoms with E-state index in [1.165, 1.54) is 5.01 Å². The van der Waals surface area contributed by atoms with Crippen molar-refractivity contribution in [2.45, 2.75) is 26.8 Å². The summed E-state index contributed by atoms with van der Waals surface area (Å²) in [5, 5.41) is 5.75. The van der Waals surface area contributed by atoms with Crippen LogP contribution in [0, 0.1) is 13.8 Å². The summed E-state index contributed by atoms with van der Waals surface area (Å²) in [7, 11) is 1.54. The first-order valence-corrected chi connectivity index (χ1v) is 8.76. The van der Waals surface area contributed by atoms with Crippen LogP contribution in [0.15, 0.2) is 28.7 Å². The molecule has 0 radical (unpaired) electrons. The molecular weight excluding hydrogens is 406 g/mol. The van der Waals surface area contributed by atoms with E-state index in [0.717, 1.165) is 15.9 Å². The van der Waals surface area contributed by atoms with Crippen molar-refractivity contribution < 1.29 is 9.53 Å². The Morgan fingerprint density at radius 2 is 2.12 bits per heavy atom. The van der Waals surface area contributed by atoms with Gasteiger partial charge in [-0.05, 0) is 54.1 Å². The van der Waals surface area contributed by atoms with Gasteiger partial charge < -0.3 is 10.5 Å². The number of halogens is 1. The van der Waals surface area contributed by atoms with Crippen LogP contribution in [0.25, 0.3) is 0 Å². The minimum Gasteiger partial charge on any atom is -0.494 e. The van der Waals surface area contributed by atoms with Crippen molar-refractivity contribution in [3.05, 3.63) is 40.1 Å². The van der Waals surface area contributed by atoms with Gasteiger partial charge in [0.05, 0.1) is 23.8 Å². The molecule has 134 valence electrons. The van der Waals surface area contributed by atoms with Crippen LogP contribution >= 0.6 is 28.1 Å². The van der Waals surface area contributed by atoms with Gasteiger partial charge in [0.15, 0.2) is 5.11 Å². The molecule has 0 atom stereocenters. The molecule has 0 aliphatic heterocycles. The highest BCUT2D eigenvalue weighted by Gasteiger charge is 2.17. The number of amides is 1. The van der Waals surface area contributed by atoms with Crippen molar-refractivity contribution in [1.82, 2.24) is 15.2 Å². The zero-order chi connectivity index (χ0) is 18.6. The second-order valence-corrected chi connectivity index (χ2v) is 6.55. The fraction of sp³-hybridized carbons (Fsp3) is 0.312. The lowest BCUT2D eigenvalue weighted by Gasteiger charge is -2.25. The van der Waals surface area contributed by atoms with E-state index in [-0.39, 0.29) is 17.4 Å². The number of carbonyl (C=O) groups excluding carboxylic acids is 1. The van der Waals surface area contributed by atoms with Crippen LogP contribution in [0.1, 0.15) is 17.8 Å². The van der Waals surface area contributed by atoms with Gasteiger partial charge in [0.2, 0.25) is 5.91 Å². The van der Waals surface area contributed by atoms with Gasteiger partial charge in [0.1, 0.15) is 11.4 Å². The van der Waals surface area contributed by atoms with Gasteiger partial charge in [-0.3, -0.25) is 14.9 Å². The fourth-order valence-electron chi connectivity index (χ4n) is 2.33. The van der Waals surface area contributed by atoms with Crippen molar-refractivity contribution >= 4 is 44.9 Å². The number of benzene rings is 1. The van der Waals surface area contributed by atoms with Crippen molar-refractivity contribution in [3.63, 3.8) is 0 Å². The molecule has 1 amide bonds. The number of methoxy groups -OCH3 is 1. The maximum Gasteiger partial charge on any atom is 0.240 e. The lowest BCUT2D eigenvalue weighted by atomic mass is 10.3. The molecule has 1 heterocycles. The van der Waals surface area contributed by atoms with Gasteiger partial charge in [0, 0.05) is 12.1 Å². The molecule has 7 nitrogen and oxygen atoms in total. The van der Waals surface area contributed by atoms with E-state index >= 15 is 0 Å². The fourth-order valence-corrected chi connectivity index (χ4v) is 2.76. The van der Waals surface area contributed by atoms with Gasteiger partial charge >= 0.3 is 0 Å². The molecule has 0 fully saturated rings. The Balaban J connectivity index is 2.08. The Morgan fingerprint density at radius 1 is 1.44 bits per heavy atom. The molecule has 25 heavy (non-hydrogen) atoms. The quantitative estimate of drug-likeness (QED) is 0.565. The van der Waals surface area contributed by atoms with Crippen LogP contribution in [0.4, 0.5) is 5.69 Å². The number of hydrogen-bond acceptors (Lipinski definition) is 4. The number of nitrogens with two attached hydrogens (primary N) is 1. The van der Waals surface area contributed by atoms with Gasteiger partial charge in [-0.25, -0.2) is 5.01 Å². The minimum absolute atomic E-state index is 0.0201. The van der Waals surface area contributed by atoms with E-state index < -0.39 is 0 Å². The standard InChI is InChI=1S/C16H20BrN5O2S/c1-10-15(17)11(2)21(19-10)9-8-14(23)20-22(16(18)25)12-6-4-5-7-13(12)24-3/h4-7H,8-9H2,1-3H3,(H2,18,25)(H,20,23). The van der Waals surface area contributed by atoms with E-state index in [0.29, 0.717) is 18.0 Å². The number of nitrogens with one attached hydrogen (secondary N) is 1. The SMILES string of the molecule is COc1ccccc1N(NC(=O)CCn1nc(C)c(Br)c1C)C(N)=S. The first kappa shape index (κ1) is 19.2. The number of aryl methyl sites for hydroxylation is 2. The third kappa shape index (κ3) is 4.49. The summed E-state index contributed by atoms with van der Waals surface area (Å²) in [5.74, 6) is 0.320. The summed E-state index contributed by atoms with van der Waals surface area (Å²) in [6.45, 7) is 4.29. The summed E-state index contributed by atoms with van der Waals surface area (Å²) >= 11 is 8.53. The Labute approximate surface area is 160 Å². The summed E-state index contributed by atoms with van der Waals surface area (Å²) in [4.78, 5) is 12.3. The second-order valence-electron chi connectivity index (χ2n) is 5.34. The molecule has 9 heteroatoms. The van der Waals surface area contributed by atoms with Crippen molar-refractivity contribution in [1.29, 1.82) is 0 Å². The number of rotatable bonds is 5. The van der Waals surface area contributed by atoms with Crippen molar-refractivity contribution in [3.8, 4) is 5.75 Å². The number of aromatic nitrogens is 2. The molecule has 1 aromatic carbocycles. The Kier molecular flexibility index (Phi) is 6.38. The molecular formula is C16H20BrN5O2S. The predicted molar refractivity (Wildman–Crippen MR) is 104 cm³/mol. The lowest BCUT2D eigenvalue weighted by molar-refractivity contribution is -0.121. The number of nitrogens with zero attached hydrogens (tertiary/aromatic N) is 3. The van der Waals surface area contributed by atoms with Gasteiger partial charge in [0.25, 0.3) is 0 Å². The number of thiocarbonyl (C=S) groups is 1. The first-order valence-electron chi connectivity index (χ1n) is 7.56. The number of ether oxygens (including phenoxy) is 1. The number of hydrazine groups is 1. The maximum absolute atomic E-state index is 12.3. The number of hydrogen-bond donors (Lipinski definition) is 2. The molecule has 0 saturated heterocycles. The van der Waals surface area contributed by atoms with Crippen LogP contribution < -0.4 is 20.9 Å². The average molecular weight is 426 g/mol.